The maximum Gasteiger partial charge on any atom is 0.281 e. The molecule has 0 radical (unpaired) electrons. The van der Waals surface area contributed by atoms with Gasteiger partial charge in [0.05, 0.1) is 19.9 Å². The van der Waals surface area contributed by atoms with E-state index < -0.39 is 0 Å². The summed E-state index contributed by atoms with van der Waals surface area (Å²) in [6, 6.07) is 8.46. The Morgan fingerprint density at radius 1 is 1.19 bits per heavy atom. The molecule has 0 atom stereocenters. The molecular weight excluding hydrogens is 356 g/mol. The Morgan fingerprint density at radius 2 is 1.85 bits per heavy atom. The van der Waals surface area contributed by atoms with Gasteiger partial charge in [0.2, 0.25) is 0 Å². The molecule has 1 N–H and O–H groups in total. The van der Waals surface area contributed by atoms with Crippen molar-refractivity contribution < 1.29 is 23.8 Å². The van der Waals surface area contributed by atoms with Crippen LogP contribution in [-0.2, 0) is 11.4 Å². The van der Waals surface area contributed by atoms with E-state index in [0.29, 0.717) is 39.5 Å². The molecule has 1 amide bonds. The first-order valence-corrected chi connectivity index (χ1v) is 8.15. The van der Waals surface area contributed by atoms with Crippen LogP contribution in [0.3, 0.4) is 0 Å². The van der Waals surface area contributed by atoms with Gasteiger partial charge in [0.25, 0.3) is 5.91 Å². The highest BCUT2D eigenvalue weighted by Crippen LogP contribution is 2.33. The molecule has 0 spiro atoms. The van der Waals surface area contributed by atoms with Crippen LogP contribution in [0.25, 0.3) is 6.08 Å². The lowest BCUT2D eigenvalue weighted by molar-refractivity contribution is -0.114. The summed E-state index contributed by atoms with van der Waals surface area (Å²) in [6.07, 6.45) is 1.59. The van der Waals surface area contributed by atoms with E-state index in [-0.39, 0.29) is 12.5 Å². The number of hydrogen-bond acceptors (Lipinski definition) is 6. The van der Waals surface area contributed by atoms with Gasteiger partial charge in [-0.2, -0.15) is 0 Å². The Morgan fingerprint density at radius 3 is 2.38 bits per heavy atom. The van der Waals surface area contributed by atoms with Gasteiger partial charge in [0.15, 0.2) is 5.11 Å². The van der Waals surface area contributed by atoms with Crippen LogP contribution in [0.5, 0.6) is 11.5 Å². The van der Waals surface area contributed by atoms with Gasteiger partial charge >= 0.3 is 0 Å². The zero-order chi connectivity index (χ0) is 18.8. The minimum atomic E-state index is -0.297. The van der Waals surface area contributed by atoms with Crippen molar-refractivity contribution in [3.05, 3.63) is 47.5 Å². The van der Waals surface area contributed by atoms with Crippen molar-refractivity contribution in [2.45, 2.75) is 6.61 Å². The summed E-state index contributed by atoms with van der Waals surface area (Å²) >= 11 is 5.44. The summed E-state index contributed by atoms with van der Waals surface area (Å²) in [7, 11) is 4.78. The van der Waals surface area contributed by atoms with E-state index in [1.807, 2.05) is 0 Å². The molecule has 1 aromatic heterocycles. The first-order chi connectivity index (χ1) is 12.5. The molecular formula is C18H18N2O5S. The van der Waals surface area contributed by atoms with Crippen LogP contribution >= 0.6 is 12.2 Å². The van der Waals surface area contributed by atoms with Crippen LogP contribution in [0.2, 0.25) is 0 Å². The number of carbonyl (C=O) groups is 1. The van der Waals surface area contributed by atoms with E-state index in [9.17, 15) is 4.79 Å². The Kier molecular flexibility index (Phi) is 4.97. The Balaban J connectivity index is 2.00. The van der Waals surface area contributed by atoms with Crippen molar-refractivity contribution in [3.63, 3.8) is 0 Å². The molecule has 1 aliphatic rings. The summed E-state index contributed by atoms with van der Waals surface area (Å²) in [4.78, 5) is 16.0. The molecule has 1 aliphatic heterocycles. The van der Waals surface area contributed by atoms with Crippen LogP contribution in [0, 0.1) is 0 Å². The molecule has 2 heterocycles. The molecule has 26 heavy (non-hydrogen) atoms. The lowest BCUT2D eigenvalue weighted by Gasteiger charge is -2.18. The molecule has 8 heteroatoms. The topological polar surface area (TPSA) is 75.4 Å². The van der Waals surface area contributed by atoms with Gasteiger partial charge in [-0.05, 0) is 24.4 Å². The second-order valence-electron chi connectivity index (χ2n) is 5.54. The molecule has 1 saturated heterocycles. The smallest absolute Gasteiger partial charge is 0.281 e. The number of ether oxygens (including phenoxy) is 2. The third-order valence-corrected chi connectivity index (χ3v) is 4.43. The van der Waals surface area contributed by atoms with Gasteiger partial charge in [-0.25, -0.2) is 0 Å². The largest absolute Gasteiger partial charge is 0.497 e. The molecule has 7 nitrogen and oxygen atoms in total. The third-order valence-electron chi connectivity index (χ3n) is 3.97. The molecule has 0 unspecified atom stereocenters. The van der Waals surface area contributed by atoms with Gasteiger partial charge in [0, 0.05) is 31.3 Å². The minimum absolute atomic E-state index is 0.207. The zero-order valence-electron chi connectivity index (χ0n) is 14.6. The maximum absolute atomic E-state index is 13.0. The number of carbonyl (C=O) groups excluding carboxylic acids is 1. The average Bonchev–Trinajstić information content (AvgIpc) is 3.20. The van der Waals surface area contributed by atoms with E-state index >= 15 is 0 Å². The van der Waals surface area contributed by atoms with Gasteiger partial charge < -0.3 is 23.9 Å². The Hall–Kier alpha value is -2.84. The summed E-state index contributed by atoms with van der Waals surface area (Å²) in [6.45, 7) is -0.207. The number of aliphatic hydroxyl groups excluding tert-OH is 1. The van der Waals surface area contributed by atoms with Crippen molar-refractivity contribution in [2.75, 3.05) is 26.2 Å². The molecule has 0 aliphatic carbocycles. The van der Waals surface area contributed by atoms with Crippen molar-refractivity contribution >= 4 is 35.0 Å². The van der Waals surface area contributed by atoms with Crippen LogP contribution < -0.4 is 14.4 Å². The lowest BCUT2D eigenvalue weighted by Crippen LogP contribution is -2.31. The highest BCUT2D eigenvalue weighted by atomic mass is 32.1. The van der Waals surface area contributed by atoms with E-state index in [0.717, 1.165) is 0 Å². The van der Waals surface area contributed by atoms with Gasteiger partial charge in [-0.1, -0.05) is 0 Å². The number of anilines is 1. The van der Waals surface area contributed by atoms with Crippen LogP contribution in [-0.4, -0.2) is 42.3 Å². The number of rotatable bonds is 5. The minimum Gasteiger partial charge on any atom is -0.497 e. The second kappa shape index (κ2) is 7.19. The molecule has 0 saturated carbocycles. The molecule has 1 aromatic carbocycles. The maximum atomic E-state index is 13.0. The summed E-state index contributed by atoms with van der Waals surface area (Å²) < 4.78 is 16.0. The number of furan rings is 1. The molecule has 2 aromatic rings. The van der Waals surface area contributed by atoms with E-state index in [4.69, 9.17) is 31.2 Å². The fraction of sp³-hybridized carbons (Fsp3) is 0.222. The number of hydrogen-bond donors (Lipinski definition) is 1. The highest BCUT2D eigenvalue weighted by Gasteiger charge is 2.37. The first kappa shape index (κ1) is 18.0. The predicted molar refractivity (Wildman–Crippen MR) is 100 cm³/mol. The number of methoxy groups -OCH3 is 2. The van der Waals surface area contributed by atoms with Crippen molar-refractivity contribution in [1.82, 2.24) is 4.90 Å². The van der Waals surface area contributed by atoms with Gasteiger partial charge in [0.1, 0.15) is 35.3 Å². The Labute approximate surface area is 156 Å². The number of aliphatic hydroxyl groups is 1. The predicted octanol–water partition coefficient (Wildman–Crippen LogP) is 2.39. The van der Waals surface area contributed by atoms with E-state index in [1.54, 1.807) is 48.4 Å². The van der Waals surface area contributed by atoms with Crippen LogP contribution in [0.4, 0.5) is 5.69 Å². The number of benzene rings is 1. The molecule has 136 valence electrons. The number of amides is 1. The Bertz CT molecular complexity index is 867. The van der Waals surface area contributed by atoms with Gasteiger partial charge in [-0.15, -0.1) is 0 Å². The molecule has 1 fully saturated rings. The van der Waals surface area contributed by atoms with Crippen molar-refractivity contribution in [2.24, 2.45) is 0 Å². The zero-order valence-corrected chi connectivity index (χ0v) is 15.4. The number of likely N-dealkylation sites (N-methyl/N-ethyl adjacent to an activating group) is 1. The average molecular weight is 374 g/mol. The number of thiocarbonyl (C=S) groups is 1. The summed E-state index contributed by atoms with van der Waals surface area (Å²) in [5.41, 5.74) is 0.901. The standard InChI is InChI=1S/C18H18N2O5S/c1-19-16(9-12-4-5-13(10-21)25-12)17(22)20(18(19)26)11-6-14(23-2)8-15(7-11)24-3/h4-9,21H,10H2,1-3H3. The molecule has 0 bridgehead atoms. The summed E-state index contributed by atoms with van der Waals surface area (Å²) in [5, 5.41) is 9.43. The fourth-order valence-corrected chi connectivity index (χ4v) is 2.88. The highest BCUT2D eigenvalue weighted by molar-refractivity contribution is 7.80. The lowest BCUT2D eigenvalue weighted by atomic mass is 10.2. The normalized spacial score (nSPS) is 15.9. The van der Waals surface area contributed by atoms with Crippen molar-refractivity contribution in [3.8, 4) is 11.5 Å². The van der Waals surface area contributed by atoms with E-state index in [2.05, 4.69) is 0 Å². The monoisotopic (exact) mass is 374 g/mol. The van der Waals surface area contributed by atoms with E-state index in [1.165, 1.54) is 19.1 Å². The van der Waals surface area contributed by atoms with Crippen molar-refractivity contribution in [1.29, 1.82) is 0 Å². The summed E-state index contributed by atoms with van der Waals surface area (Å²) in [5.74, 6) is 1.68. The third kappa shape index (κ3) is 3.16. The molecule has 3 rings (SSSR count). The first-order valence-electron chi connectivity index (χ1n) is 7.75. The second-order valence-corrected chi connectivity index (χ2v) is 5.91. The van der Waals surface area contributed by atoms with Crippen LogP contribution in [0.15, 0.2) is 40.4 Å². The van der Waals surface area contributed by atoms with Crippen LogP contribution in [0.1, 0.15) is 11.5 Å². The fourth-order valence-electron chi connectivity index (χ4n) is 2.60. The number of nitrogens with zero attached hydrogens (tertiary/aromatic N) is 2. The van der Waals surface area contributed by atoms with Gasteiger partial charge in [-0.3, -0.25) is 9.69 Å². The quantitative estimate of drug-likeness (QED) is 0.636. The SMILES string of the molecule is COc1cc(OC)cc(N2C(=O)C(=Cc3ccc(CO)o3)N(C)C2=S)c1.